The average Bonchev–Trinajstić information content (AvgIpc) is 2.95. The molecule has 0 amide bonds. The van der Waals surface area contributed by atoms with Gasteiger partial charge in [0.15, 0.2) is 0 Å². The molecule has 3 rings (SSSR count). The third-order valence-electron chi connectivity index (χ3n) is 4.04. The number of hydrogen-bond acceptors (Lipinski definition) is 6. The molecule has 1 aliphatic rings. The van der Waals surface area contributed by atoms with Gasteiger partial charge in [-0.25, -0.2) is 17.9 Å². The molecule has 0 bridgehead atoms. The fraction of sp³-hybridized carbons (Fsp3) is 0.375. The van der Waals surface area contributed by atoms with Crippen molar-refractivity contribution in [1.29, 1.82) is 0 Å². The molecule has 3 N–H and O–H groups in total. The summed E-state index contributed by atoms with van der Waals surface area (Å²) in [4.78, 5) is 16.8. The highest BCUT2D eigenvalue weighted by Crippen LogP contribution is 2.35. The molecule has 0 aliphatic carbocycles. The molecule has 0 fully saturated rings. The smallest absolute Gasteiger partial charge is 0.338 e. The maximum Gasteiger partial charge on any atom is 0.338 e. The number of thiophene rings is 1. The first kappa shape index (κ1) is 18.0. The fourth-order valence-electron chi connectivity index (χ4n) is 2.87. The molecule has 3 heterocycles. The normalized spacial score (nSPS) is 15.6. The van der Waals surface area contributed by atoms with E-state index in [0.29, 0.717) is 30.8 Å². The van der Waals surface area contributed by atoms with Crippen LogP contribution in [0.3, 0.4) is 0 Å². The Morgan fingerprint density at radius 1 is 1.44 bits per heavy atom. The first-order chi connectivity index (χ1) is 11.8. The van der Waals surface area contributed by atoms with Crippen molar-refractivity contribution in [3.8, 4) is 0 Å². The van der Waals surface area contributed by atoms with Crippen LogP contribution in [0.15, 0.2) is 22.4 Å². The lowest BCUT2D eigenvalue weighted by molar-refractivity contribution is 0.0692. The molecule has 1 aliphatic heterocycles. The van der Waals surface area contributed by atoms with Crippen LogP contribution in [-0.2, 0) is 23.0 Å². The van der Waals surface area contributed by atoms with E-state index >= 15 is 0 Å². The Kier molecular flexibility index (Phi) is 4.92. The number of carboxylic acid groups (broad SMARTS) is 1. The molecule has 9 heteroatoms. The molecule has 1 atom stereocenters. The number of fused-ring (bicyclic) bond motifs is 1. The van der Waals surface area contributed by atoms with Gasteiger partial charge in [0.1, 0.15) is 4.21 Å². The second-order valence-corrected chi connectivity index (χ2v) is 8.96. The number of rotatable bonds is 5. The van der Waals surface area contributed by atoms with Gasteiger partial charge in [0.25, 0.3) is 10.0 Å². The van der Waals surface area contributed by atoms with Crippen molar-refractivity contribution in [3.63, 3.8) is 0 Å². The van der Waals surface area contributed by atoms with Crippen LogP contribution in [0.1, 0.15) is 45.2 Å². The van der Waals surface area contributed by atoms with Crippen LogP contribution >= 0.6 is 11.3 Å². The maximum absolute atomic E-state index is 12.8. The third-order valence-corrected chi connectivity index (χ3v) is 7.33. The molecule has 0 saturated carbocycles. The highest BCUT2D eigenvalue weighted by Gasteiger charge is 2.32. The van der Waals surface area contributed by atoms with Gasteiger partial charge in [-0.1, -0.05) is 6.07 Å². The van der Waals surface area contributed by atoms with Crippen molar-refractivity contribution in [1.82, 2.24) is 15.0 Å². The summed E-state index contributed by atoms with van der Waals surface area (Å²) >= 11 is 1.02. The first-order valence-corrected chi connectivity index (χ1v) is 10.1. The number of aryl methyl sites for hydroxylation is 1. The second-order valence-electron chi connectivity index (χ2n) is 5.94. The molecular formula is C16H19N3O4S2. The summed E-state index contributed by atoms with van der Waals surface area (Å²) in [5.74, 6) is -1.21. The van der Waals surface area contributed by atoms with E-state index in [1.807, 2.05) is 13.0 Å². The Bertz CT molecular complexity index is 921. The van der Waals surface area contributed by atoms with Gasteiger partial charge < -0.3 is 10.4 Å². The Morgan fingerprint density at radius 3 is 2.88 bits per heavy atom. The number of nitrogens with zero attached hydrogens (tertiary/aromatic N) is 1. The van der Waals surface area contributed by atoms with Crippen LogP contribution in [0, 0.1) is 6.92 Å². The van der Waals surface area contributed by atoms with Crippen LogP contribution in [0.2, 0.25) is 0 Å². The van der Waals surface area contributed by atoms with Gasteiger partial charge in [-0.05, 0) is 44.5 Å². The molecule has 0 aromatic carbocycles. The number of hydrogen-bond donors (Lipinski definition) is 3. The topological polar surface area (TPSA) is 108 Å². The third kappa shape index (κ3) is 3.59. The van der Waals surface area contributed by atoms with E-state index in [-0.39, 0.29) is 9.77 Å². The van der Waals surface area contributed by atoms with Crippen molar-refractivity contribution in [2.24, 2.45) is 0 Å². The predicted octanol–water partition coefficient (Wildman–Crippen LogP) is 1.83. The minimum absolute atomic E-state index is 0.0987. The van der Waals surface area contributed by atoms with Crippen LogP contribution < -0.4 is 10.0 Å². The van der Waals surface area contributed by atoms with Gasteiger partial charge in [-0.15, -0.1) is 11.3 Å². The molecule has 2 aromatic rings. The summed E-state index contributed by atoms with van der Waals surface area (Å²) in [5, 5.41) is 12.7. The largest absolute Gasteiger partial charge is 0.478 e. The average molecular weight is 381 g/mol. The Labute approximate surface area is 150 Å². The highest BCUT2D eigenvalue weighted by molar-refractivity contribution is 7.91. The standard InChI is InChI=1S/C16H19N3O4S2/c1-9-4-3-5-12(18-9)10(2)19-25(22,23)16-14(15(20)21)11-6-7-17-8-13(11)24-16/h3-5,10,17,19H,6-8H2,1-2H3,(H,20,21). The molecule has 2 aromatic heterocycles. The summed E-state index contributed by atoms with van der Waals surface area (Å²) < 4.78 is 28.1. The zero-order valence-electron chi connectivity index (χ0n) is 13.9. The summed E-state index contributed by atoms with van der Waals surface area (Å²) in [6, 6.07) is 4.81. The quantitative estimate of drug-likeness (QED) is 0.729. The zero-order chi connectivity index (χ0) is 18.2. The molecule has 0 spiro atoms. The lowest BCUT2D eigenvalue weighted by Crippen LogP contribution is -2.28. The SMILES string of the molecule is Cc1cccc(C(C)NS(=O)(=O)c2sc3c(c2C(=O)O)CCNC3)n1. The second kappa shape index (κ2) is 6.83. The van der Waals surface area contributed by atoms with Gasteiger partial charge in [0, 0.05) is 17.1 Å². The van der Waals surface area contributed by atoms with Gasteiger partial charge in [-0.2, -0.15) is 0 Å². The van der Waals surface area contributed by atoms with E-state index in [1.165, 1.54) is 0 Å². The predicted molar refractivity (Wildman–Crippen MR) is 94.4 cm³/mol. The maximum atomic E-state index is 12.8. The molecule has 25 heavy (non-hydrogen) atoms. The Morgan fingerprint density at radius 2 is 2.20 bits per heavy atom. The summed E-state index contributed by atoms with van der Waals surface area (Å²) in [6.45, 7) is 4.65. The van der Waals surface area contributed by atoms with Crippen molar-refractivity contribution in [2.45, 2.75) is 37.1 Å². The minimum Gasteiger partial charge on any atom is -0.478 e. The summed E-state index contributed by atoms with van der Waals surface area (Å²) in [7, 11) is -3.97. The number of nitrogens with one attached hydrogen (secondary N) is 2. The van der Waals surface area contributed by atoms with E-state index in [1.54, 1.807) is 19.1 Å². The fourth-order valence-corrected chi connectivity index (χ4v) is 5.96. The molecular weight excluding hydrogens is 362 g/mol. The lowest BCUT2D eigenvalue weighted by Gasteiger charge is -2.14. The summed E-state index contributed by atoms with van der Waals surface area (Å²) in [6.07, 6.45) is 0.512. The lowest BCUT2D eigenvalue weighted by atomic mass is 10.1. The van der Waals surface area contributed by atoms with Gasteiger partial charge in [-0.3, -0.25) is 4.98 Å². The molecule has 0 radical (unpaired) electrons. The van der Waals surface area contributed by atoms with Crippen molar-refractivity contribution in [3.05, 3.63) is 45.6 Å². The number of aromatic nitrogens is 1. The van der Waals surface area contributed by atoms with Gasteiger partial charge in [0.05, 0.1) is 17.3 Å². The molecule has 0 saturated heterocycles. The highest BCUT2D eigenvalue weighted by atomic mass is 32.2. The van der Waals surface area contributed by atoms with E-state index < -0.39 is 22.0 Å². The summed E-state index contributed by atoms with van der Waals surface area (Å²) in [5.41, 5.74) is 1.90. The van der Waals surface area contributed by atoms with Crippen LogP contribution in [0.25, 0.3) is 0 Å². The molecule has 1 unspecified atom stereocenters. The van der Waals surface area contributed by atoms with Gasteiger partial charge in [0.2, 0.25) is 0 Å². The van der Waals surface area contributed by atoms with Crippen LogP contribution in [0.5, 0.6) is 0 Å². The number of carbonyl (C=O) groups is 1. The van der Waals surface area contributed by atoms with Crippen molar-refractivity contribution in [2.75, 3.05) is 6.54 Å². The van der Waals surface area contributed by atoms with Crippen molar-refractivity contribution < 1.29 is 18.3 Å². The van der Waals surface area contributed by atoms with E-state index in [0.717, 1.165) is 21.9 Å². The van der Waals surface area contributed by atoms with Crippen LogP contribution in [0.4, 0.5) is 0 Å². The Hall–Kier alpha value is -1.81. The number of pyridine rings is 1. The zero-order valence-corrected chi connectivity index (χ0v) is 15.5. The first-order valence-electron chi connectivity index (χ1n) is 7.84. The van der Waals surface area contributed by atoms with E-state index in [9.17, 15) is 18.3 Å². The van der Waals surface area contributed by atoms with E-state index in [4.69, 9.17) is 0 Å². The van der Waals surface area contributed by atoms with Crippen molar-refractivity contribution >= 4 is 27.3 Å². The monoisotopic (exact) mass is 381 g/mol. The number of carboxylic acids is 1. The van der Waals surface area contributed by atoms with Gasteiger partial charge >= 0.3 is 5.97 Å². The number of aromatic carboxylic acids is 1. The number of sulfonamides is 1. The molecule has 134 valence electrons. The van der Waals surface area contributed by atoms with Crippen LogP contribution in [-0.4, -0.2) is 31.0 Å². The Balaban J connectivity index is 1.97. The van der Waals surface area contributed by atoms with E-state index in [2.05, 4.69) is 15.0 Å². The molecule has 7 nitrogen and oxygen atoms in total. The minimum atomic E-state index is -3.97.